The Labute approximate surface area is 170 Å². The number of nitrogens with one attached hydrogen (secondary N) is 1. The van der Waals surface area contributed by atoms with Gasteiger partial charge < -0.3 is 15.3 Å². The highest BCUT2D eigenvalue weighted by Gasteiger charge is 2.26. The Morgan fingerprint density at radius 3 is 2.39 bits per heavy atom. The van der Waals surface area contributed by atoms with Gasteiger partial charge in [-0.1, -0.05) is 46.1 Å². The first-order valence-corrected chi connectivity index (χ1v) is 11.3. The molecule has 3 rings (SSSR count). The monoisotopic (exact) mass is 386 g/mol. The maximum Gasteiger partial charge on any atom is 0.303 e. The first-order chi connectivity index (χ1) is 13.4. The number of benzene rings is 1. The van der Waals surface area contributed by atoms with Crippen LogP contribution < -0.4 is 10.2 Å². The van der Waals surface area contributed by atoms with Gasteiger partial charge in [-0.25, -0.2) is 0 Å². The topological polar surface area (TPSA) is 52.6 Å². The number of nitrogens with zero attached hydrogens (tertiary/aromatic N) is 1. The van der Waals surface area contributed by atoms with E-state index in [9.17, 15) is 9.90 Å². The maximum absolute atomic E-state index is 11.2. The average molecular weight is 387 g/mol. The van der Waals surface area contributed by atoms with Gasteiger partial charge in [0.1, 0.15) is 0 Å². The molecular weight excluding hydrogens is 348 g/mol. The molecule has 28 heavy (non-hydrogen) atoms. The summed E-state index contributed by atoms with van der Waals surface area (Å²) in [5, 5.41) is 13.0. The number of rotatable bonds is 9. The minimum atomic E-state index is -0.728. The highest BCUT2D eigenvalue weighted by Crippen LogP contribution is 2.37. The van der Waals surface area contributed by atoms with E-state index in [0.717, 1.165) is 12.1 Å². The summed E-state index contributed by atoms with van der Waals surface area (Å²) in [6, 6.07) is 7.84. The van der Waals surface area contributed by atoms with Crippen molar-refractivity contribution in [1.82, 2.24) is 0 Å². The summed E-state index contributed by atoms with van der Waals surface area (Å²) in [6.45, 7) is 7.70. The third kappa shape index (κ3) is 5.42. The Bertz CT molecular complexity index is 648. The molecule has 4 nitrogen and oxygen atoms in total. The number of carboxylic acid groups (broad SMARTS) is 1. The van der Waals surface area contributed by atoms with Gasteiger partial charge in [-0.2, -0.15) is 0 Å². The van der Waals surface area contributed by atoms with Gasteiger partial charge in [0.05, 0.1) is 17.8 Å². The summed E-state index contributed by atoms with van der Waals surface area (Å²) < 4.78 is 0. The Hall–Kier alpha value is -1.71. The molecule has 0 aliphatic heterocycles. The third-order valence-electron chi connectivity index (χ3n) is 6.42. The van der Waals surface area contributed by atoms with E-state index in [2.05, 4.69) is 42.3 Å². The van der Waals surface area contributed by atoms with Crippen molar-refractivity contribution in [2.75, 3.05) is 16.8 Å². The van der Waals surface area contributed by atoms with Gasteiger partial charge in [-0.3, -0.25) is 4.79 Å². The molecule has 156 valence electrons. The van der Waals surface area contributed by atoms with Crippen LogP contribution in [0.25, 0.3) is 0 Å². The van der Waals surface area contributed by atoms with E-state index < -0.39 is 5.97 Å². The number of anilines is 2. The summed E-state index contributed by atoms with van der Waals surface area (Å²) in [7, 11) is 0. The number of carbonyl (C=O) groups is 1. The predicted molar refractivity (Wildman–Crippen MR) is 117 cm³/mol. The lowest BCUT2D eigenvalue weighted by Gasteiger charge is -2.40. The molecule has 1 aromatic carbocycles. The van der Waals surface area contributed by atoms with E-state index in [1.54, 1.807) is 0 Å². The zero-order chi connectivity index (χ0) is 20.1. The molecule has 0 amide bonds. The van der Waals surface area contributed by atoms with E-state index in [4.69, 9.17) is 0 Å². The molecule has 0 aromatic heterocycles. The van der Waals surface area contributed by atoms with Crippen molar-refractivity contribution in [2.45, 2.75) is 96.6 Å². The van der Waals surface area contributed by atoms with E-state index in [1.165, 1.54) is 62.7 Å². The van der Waals surface area contributed by atoms with Crippen LogP contribution in [0.15, 0.2) is 18.2 Å². The lowest BCUT2D eigenvalue weighted by atomic mass is 9.90. The Balaban J connectivity index is 1.91. The molecule has 2 aliphatic carbocycles. The van der Waals surface area contributed by atoms with Gasteiger partial charge in [-0.15, -0.1) is 0 Å². The molecule has 0 radical (unpaired) electrons. The predicted octanol–water partition coefficient (Wildman–Crippen LogP) is 6.02. The summed E-state index contributed by atoms with van der Waals surface area (Å²) in [4.78, 5) is 13.8. The largest absolute Gasteiger partial charge is 0.481 e. The van der Waals surface area contributed by atoms with Crippen LogP contribution in [0.2, 0.25) is 0 Å². The fraction of sp³-hybridized carbons (Fsp3) is 0.708. The van der Waals surface area contributed by atoms with Gasteiger partial charge in [-0.05, 0) is 61.6 Å². The van der Waals surface area contributed by atoms with Crippen LogP contribution in [0.5, 0.6) is 0 Å². The van der Waals surface area contributed by atoms with Gasteiger partial charge in [0, 0.05) is 18.6 Å². The number of hydrogen-bond acceptors (Lipinski definition) is 3. The zero-order valence-electron chi connectivity index (χ0n) is 17.9. The number of carboxylic acids is 1. The van der Waals surface area contributed by atoms with Crippen LogP contribution in [0, 0.1) is 5.92 Å². The highest BCUT2D eigenvalue weighted by atomic mass is 16.4. The fourth-order valence-corrected chi connectivity index (χ4v) is 4.61. The van der Waals surface area contributed by atoms with Gasteiger partial charge in [0.15, 0.2) is 0 Å². The van der Waals surface area contributed by atoms with Crippen LogP contribution in [0.4, 0.5) is 11.4 Å². The van der Waals surface area contributed by atoms with Crippen molar-refractivity contribution in [3.63, 3.8) is 0 Å². The molecule has 2 aliphatic rings. The van der Waals surface area contributed by atoms with Crippen LogP contribution >= 0.6 is 0 Å². The molecule has 2 fully saturated rings. The van der Waals surface area contributed by atoms with Crippen molar-refractivity contribution < 1.29 is 9.90 Å². The average Bonchev–Trinajstić information content (AvgIpc) is 2.63. The lowest BCUT2D eigenvalue weighted by Crippen LogP contribution is -2.40. The van der Waals surface area contributed by atoms with E-state index in [1.807, 2.05) is 6.92 Å². The fourth-order valence-electron chi connectivity index (χ4n) is 4.61. The van der Waals surface area contributed by atoms with Crippen LogP contribution in [0.1, 0.15) is 90.0 Å². The number of hydrogen-bond donors (Lipinski definition) is 2. The van der Waals surface area contributed by atoms with E-state index in [-0.39, 0.29) is 12.3 Å². The molecule has 0 unspecified atom stereocenters. The molecule has 4 heteroatoms. The van der Waals surface area contributed by atoms with Crippen molar-refractivity contribution >= 4 is 17.3 Å². The van der Waals surface area contributed by atoms with Crippen LogP contribution in [-0.2, 0) is 4.79 Å². The number of aliphatic carboxylic acids is 1. The highest BCUT2D eigenvalue weighted by molar-refractivity contribution is 5.73. The quantitative estimate of drug-likeness (QED) is 0.544. The summed E-state index contributed by atoms with van der Waals surface area (Å²) in [5.74, 6) is -0.0838. The molecule has 2 saturated carbocycles. The molecule has 1 aromatic rings. The summed E-state index contributed by atoms with van der Waals surface area (Å²) in [5.41, 5.74) is 3.66. The van der Waals surface area contributed by atoms with Gasteiger partial charge in [0.2, 0.25) is 0 Å². The Kier molecular flexibility index (Phi) is 7.25. The smallest absolute Gasteiger partial charge is 0.303 e. The Morgan fingerprint density at radius 2 is 1.82 bits per heavy atom. The van der Waals surface area contributed by atoms with E-state index >= 15 is 0 Å². The summed E-state index contributed by atoms with van der Waals surface area (Å²) >= 11 is 0. The second kappa shape index (κ2) is 9.67. The minimum Gasteiger partial charge on any atom is -0.481 e. The van der Waals surface area contributed by atoms with E-state index in [0.29, 0.717) is 18.0 Å². The molecule has 1 atom stereocenters. The van der Waals surface area contributed by atoms with Crippen molar-refractivity contribution in [3.8, 4) is 0 Å². The standard InChI is InChI=1S/C24H38N2O2/c1-17(2)16-26(21-10-5-4-6-11-21)23-13-12-19(18(3)14-24(27)28)15-22(23)25-20-8-7-9-20/h12-13,15,17-18,20-21,25H,4-11,14,16H2,1-3H3,(H,27,28)/t18-/m1/s1. The van der Waals surface area contributed by atoms with Crippen molar-refractivity contribution in [1.29, 1.82) is 0 Å². The zero-order valence-corrected chi connectivity index (χ0v) is 17.9. The van der Waals surface area contributed by atoms with Gasteiger partial charge in [0.25, 0.3) is 0 Å². The second-order valence-electron chi connectivity index (χ2n) is 9.39. The van der Waals surface area contributed by atoms with Crippen molar-refractivity contribution in [2.24, 2.45) is 5.92 Å². The molecule has 0 saturated heterocycles. The minimum absolute atomic E-state index is 0.0294. The molecular formula is C24H38N2O2. The summed E-state index contributed by atoms with van der Waals surface area (Å²) in [6.07, 6.45) is 10.6. The first-order valence-electron chi connectivity index (χ1n) is 11.3. The lowest BCUT2D eigenvalue weighted by molar-refractivity contribution is -0.137. The molecule has 0 bridgehead atoms. The maximum atomic E-state index is 11.2. The molecule has 0 spiro atoms. The van der Waals surface area contributed by atoms with Crippen LogP contribution in [-0.4, -0.2) is 29.7 Å². The second-order valence-corrected chi connectivity index (χ2v) is 9.39. The third-order valence-corrected chi connectivity index (χ3v) is 6.42. The molecule has 0 heterocycles. The normalized spacial score (nSPS) is 19.3. The van der Waals surface area contributed by atoms with Crippen LogP contribution in [0.3, 0.4) is 0 Å². The SMILES string of the molecule is CC(C)CN(c1ccc([C@H](C)CC(=O)O)cc1NC1CCC1)C1CCCCC1. The molecule has 2 N–H and O–H groups in total. The van der Waals surface area contributed by atoms with Crippen molar-refractivity contribution in [3.05, 3.63) is 23.8 Å². The Morgan fingerprint density at radius 1 is 1.11 bits per heavy atom. The van der Waals surface area contributed by atoms with Gasteiger partial charge >= 0.3 is 5.97 Å². The first kappa shape index (κ1) is 21.0.